The van der Waals surface area contributed by atoms with Crippen LogP contribution < -0.4 is 5.14 Å². The first kappa shape index (κ1) is 13.2. The Hall–Kier alpha value is -0.910. The Labute approximate surface area is 96.5 Å². The van der Waals surface area contributed by atoms with Crippen molar-refractivity contribution >= 4 is 10.0 Å². The summed E-state index contributed by atoms with van der Waals surface area (Å²) in [6.07, 6.45) is 0. The minimum Gasteiger partial charge on any atom is -0.356 e. The lowest BCUT2D eigenvalue weighted by atomic mass is 10.2. The lowest BCUT2D eigenvalue weighted by molar-refractivity contribution is 0.0836. The van der Waals surface area contributed by atoms with Crippen molar-refractivity contribution in [2.24, 2.45) is 11.1 Å². The molecule has 0 saturated carbocycles. The smallest absolute Gasteiger partial charge is 0.240 e. The molecule has 0 fully saturated rings. The fourth-order valence-corrected chi connectivity index (χ4v) is 2.08. The third kappa shape index (κ3) is 3.92. The number of benzene rings is 1. The van der Waals surface area contributed by atoms with Crippen LogP contribution in [0.25, 0.3) is 0 Å². The molecule has 1 atom stereocenters. The van der Waals surface area contributed by atoms with E-state index in [4.69, 9.17) is 9.88 Å². The van der Waals surface area contributed by atoms with Gasteiger partial charge in [0.05, 0.1) is 6.61 Å². The minimum absolute atomic E-state index is 0.257. The fourth-order valence-electron chi connectivity index (χ4n) is 1.27. The van der Waals surface area contributed by atoms with Gasteiger partial charge in [-0.1, -0.05) is 44.2 Å². The Morgan fingerprint density at radius 2 is 1.81 bits per heavy atom. The van der Waals surface area contributed by atoms with Crippen LogP contribution in [0.1, 0.15) is 24.8 Å². The Morgan fingerprint density at radius 3 is 2.25 bits per heavy atom. The third-order valence-electron chi connectivity index (χ3n) is 1.95. The topological polar surface area (TPSA) is 69.4 Å². The van der Waals surface area contributed by atoms with Crippen LogP contribution in [0.4, 0.5) is 0 Å². The molecule has 0 aliphatic rings. The molecule has 0 heterocycles. The maximum absolute atomic E-state index is 11.4. The molecule has 0 spiro atoms. The summed E-state index contributed by atoms with van der Waals surface area (Å²) in [6, 6.07) is 8.70. The third-order valence-corrected chi connectivity index (χ3v) is 2.96. The van der Waals surface area contributed by atoms with Gasteiger partial charge in [-0.3, -0.25) is 0 Å². The van der Waals surface area contributed by atoms with E-state index in [2.05, 4.69) is 0 Å². The van der Waals surface area contributed by atoms with Crippen LogP contribution in [-0.4, -0.2) is 15.0 Å². The highest BCUT2D eigenvalue weighted by molar-refractivity contribution is 7.89. The Bertz CT molecular complexity index is 414. The van der Waals surface area contributed by atoms with Crippen molar-refractivity contribution in [1.82, 2.24) is 0 Å². The SMILES string of the molecule is CC(C)COC(c1ccccc1)S(N)(=O)=O. The van der Waals surface area contributed by atoms with Crippen molar-refractivity contribution in [3.63, 3.8) is 0 Å². The predicted octanol–water partition coefficient (Wildman–Crippen LogP) is 1.65. The summed E-state index contributed by atoms with van der Waals surface area (Å²) in [5, 5.41) is 5.15. The summed E-state index contributed by atoms with van der Waals surface area (Å²) < 4.78 is 28.1. The molecule has 0 aliphatic heterocycles. The first-order valence-corrected chi connectivity index (χ1v) is 6.70. The molecule has 16 heavy (non-hydrogen) atoms. The van der Waals surface area contributed by atoms with Gasteiger partial charge in [0.25, 0.3) is 0 Å². The van der Waals surface area contributed by atoms with Gasteiger partial charge in [-0.25, -0.2) is 13.6 Å². The minimum atomic E-state index is -3.74. The zero-order valence-corrected chi connectivity index (χ0v) is 10.3. The van der Waals surface area contributed by atoms with E-state index in [0.717, 1.165) is 0 Å². The zero-order chi connectivity index (χ0) is 12.2. The molecule has 1 aromatic rings. The maximum atomic E-state index is 11.4. The molecule has 2 N–H and O–H groups in total. The van der Waals surface area contributed by atoms with E-state index in [9.17, 15) is 8.42 Å². The Balaban J connectivity index is 2.90. The molecule has 0 bridgehead atoms. The molecule has 90 valence electrons. The predicted molar refractivity (Wildman–Crippen MR) is 63.1 cm³/mol. The van der Waals surface area contributed by atoms with Gasteiger partial charge < -0.3 is 4.74 Å². The summed E-state index contributed by atoms with van der Waals surface area (Å²) in [7, 11) is -3.74. The molecule has 1 rings (SSSR count). The Morgan fingerprint density at radius 1 is 1.25 bits per heavy atom. The van der Waals surface area contributed by atoms with Crippen LogP contribution in [-0.2, 0) is 14.8 Å². The van der Waals surface area contributed by atoms with Gasteiger partial charge in [0.15, 0.2) is 5.44 Å². The van der Waals surface area contributed by atoms with E-state index in [1.54, 1.807) is 24.3 Å². The van der Waals surface area contributed by atoms with Crippen molar-refractivity contribution in [2.75, 3.05) is 6.61 Å². The van der Waals surface area contributed by atoms with Crippen LogP contribution in [0, 0.1) is 5.92 Å². The van der Waals surface area contributed by atoms with E-state index in [1.807, 2.05) is 19.9 Å². The van der Waals surface area contributed by atoms with Gasteiger partial charge in [0, 0.05) is 0 Å². The van der Waals surface area contributed by atoms with Crippen LogP contribution in [0.5, 0.6) is 0 Å². The second-order valence-electron chi connectivity index (χ2n) is 4.06. The van der Waals surface area contributed by atoms with Crippen molar-refractivity contribution in [3.8, 4) is 0 Å². The highest BCUT2D eigenvalue weighted by atomic mass is 32.2. The first-order valence-electron chi connectivity index (χ1n) is 5.09. The van der Waals surface area contributed by atoms with Crippen molar-refractivity contribution in [3.05, 3.63) is 35.9 Å². The number of hydrogen-bond acceptors (Lipinski definition) is 3. The van der Waals surface area contributed by atoms with E-state index >= 15 is 0 Å². The molecule has 4 nitrogen and oxygen atoms in total. The zero-order valence-electron chi connectivity index (χ0n) is 9.46. The molecular formula is C11H17NO3S. The van der Waals surface area contributed by atoms with Crippen LogP contribution in [0.15, 0.2) is 30.3 Å². The molecule has 0 saturated heterocycles. The van der Waals surface area contributed by atoms with E-state index in [1.165, 1.54) is 0 Å². The molecule has 0 radical (unpaired) electrons. The van der Waals surface area contributed by atoms with Gasteiger partial charge >= 0.3 is 0 Å². The highest BCUT2D eigenvalue weighted by Crippen LogP contribution is 2.21. The second-order valence-corrected chi connectivity index (χ2v) is 5.67. The van der Waals surface area contributed by atoms with Crippen molar-refractivity contribution < 1.29 is 13.2 Å². The lowest BCUT2D eigenvalue weighted by Crippen LogP contribution is -2.25. The average molecular weight is 243 g/mol. The largest absolute Gasteiger partial charge is 0.356 e. The van der Waals surface area contributed by atoms with Crippen LogP contribution in [0.2, 0.25) is 0 Å². The van der Waals surface area contributed by atoms with Gasteiger partial charge in [-0.15, -0.1) is 0 Å². The molecule has 0 aromatic heterocycles. The first-order chi connectivity index (χ1) is 7.41. The van der Waals surface area contributed by atoms with Crippen LogP contribution >= 0.6 is 0 Å². The van der Waals surface area contributed by atoms with Crippen molar-refractivity contribution in [2.45, 2.75) is 19.3 Å². The monoisotopic (exact) mass is 243 g/mol. The quantitative estimate of drug-likeness (QED) is 0.854. The Kier molecular flexibility index (Phi) is 4.46. The average Bonchev–Trinajstić information content (AvgIpc) is 2.17. The number of ether oxygens (including phenoxy) is 1. The van der Waals surface area contributed by atoms with Gasteiger partial charge in [-0.2, -0.15) is 0 Å². The lowest BCUT2D eigenvalue weighted by Gasteiger charge is -2.17. The summed E-state index contributed by atoms with van der Waals surface area (Å²) in [5.74, 6) is 0.257. The fraction of sp³-hybridized carbons (Fsp3) is 0.455. The normalized spacial score (nSPS) is 14.0. The summed E-state index contributed by atoms with van der Waals surface area (Å²) in [4.78, 5) is 0. The molecule has 1 unspecified atom stereocenters. The number of sulfonamides is 1. The summed E-state index contributed by atoms with van der Waals surface area (Å²) in [5.41, 5.74) is -0.512. The summed E-state index contributed by atoms with van der Waals surface area (Å²) in [6.45, 7) is 4.26. The van der Waals surface area contributed by atoms with E-state index < -0.39 is 15.5 Å². The molecular weight excluding hydrogens is 226 g/mol. The number of primary sulfonamides is 1. The molecule has 0 aliphatic carbocycles. The highest BCUT2D eigenvalue weighted by Gasteiger charge is 2.24. The number of hydrogen-bond donors (Lipinski definition) is 1. The standard InChI is InChI=1S/C11H17NO3S/c1-9(2)8-15-11(16(12,13)14)10-6-4-3-5-7-10/h3-7,9,11H,8H2,1-2H3,(H2,12,13,14). The van der Waals surface area contributed by atoms with E-state index in [-0.39, 0.29) is 5.92 Å². The molecule has 1 aromatic carbocycles. The summed E-state index contributed by atoms with van der Waals surface area (Å²) >= 11 is 0. The molecule has 5 heteroatoms. The van der Waals surface area contributed by atoms with Crippen molar-refractivity contribution in [1.29, 1.82) is 0 Å². The number of nitrogens with two attached hydrogens (primary N) is 1. The molecule has 0 amide bonds. The maximum Gasteiger partial charge on any atom is 0.240 e. The number of rotatable bonds is 5. The van der Waals surface area contributed by atoms with Gasteiger partial charge in [0.2, 0.25) is 10.0 Å². The second kappa shape index (κ2) is 5.43. The van der Waals surface area contributed by atoms with Crippen LogP contribution in [0.3, 0.4) is 0 Å². The van der Waals surface area contributed by atoms with E-state index in [0.29, 0.717) is 12.2 Å². The van der Waals surface area contributed by atoms with Gasteiger partial charge in [-0.05, 0) is 11.5 Å². The van der Waals surface area contributed by atoms with Gasteiger partial charge in [0.1, 0.15) is 0 Å².